The Labute approximate surface area is 215 Å². The number of carbonyl (C=O) groups excluding carboxylic acids is 1. The van der Waals surface area contributed by atoms with Gasteiger partial charge in [0.25, 0.3) is 5.91 Å². The van der Waals surface area contributed by atoms with Crippen molar-refractivity contribution in [3.63, 3.8) is 0 Å². The maximum Gasteiger partial charge on any atom is 0.319 e. The summed E-state index contributed by atoms with van der Waals surface area (Å²) in [5, 5.41) is 21.9. The van der Waals surface area contributed by atoms with Gasteiger partial charge < -0.3 is 20.1 Å². The molecule has 192 valence electrons. The largest absolute Gasteiger partial charge is 0.463 e. The van der Waals surface area contributed by atoms with Crippen LogP contribution in [0, 0.1) is 29.1 Å². The summed E-state index contributed by atoms with van der Waals surface area (Å²) in [4.78, 5) is 33.6. The molecule has 0 radical (unpaired) electrons. The van der Waals surface area contributed by atoms with Crippen molar-refractivity contribution in [2.45, 2.75) is 50.6 Å². The number of carbonyl (C=O) groups is 1. The maximum atomic E-state index is 13.1. The number of anilines is 1. The van der Waals surface area contributed by atoms with E-state index < -0.39 is 5.54 Å². The number of nitrogens with zero attached hydrogens (tertiary/aromatic N) is 6. The number of ether oxygens (including phenoxy) is 1. The highest BCUT2D eigenvalue weighted by Crippen LogP contribution is 2.38. The summed E-state index contributed by atoms with van der Waals surface area (Å²) < 4.78 is 5.87. The van der Waals surface area contributed by atoms with E-state index in [1.807, 2.05) is 12.3 Å². The van der Waals surface area contributed by atoms with Gasteiger partial charge in [-0.3, -0.25) is 14.8 Å². The zero-order valence-corrected chi connectivity index (χ0v) is 20.8. The van der Waals surface area contributed by atoms with Crippen molar-refractivity contribution in [1.82, 2.24) is 20.3 Å². The zero-order chi connectivity index (χ0) is 25.4. The van der Waals surface area contributed by atoms with Gasteiger partial charge in [-0.25, -0.2) is 0 Å². The van der Waals surface area contributed by atoms with E-state index in [0.29, 0.717) is 24.9 Å². The van der Waals surface area contributed by atoms with Crippen LogP contribution < -0.4 is 15.0 Å². The van der Waals surface area contributed by atoms with Crippen molar-refractivity contribution in [2.75, 3.05) is 31.2 Å². The molecule has 37 heavy (non-hydrogen) atoms. The predicted molar refractivity (Wildman–Crippen MR) is 135 cm³/mol. The number of pyridine rings is 1. The average Bonchev–Trinajstić information content (AvgIpc) is 3.56. The molecule has 2 aromatic heterocycles. The van der Waals surface area contributed by atoms with Gasteiger partial charge in [0.15, 0.2) is 0 Å². The third-order valence-corrected chi connectivity index (χ3v) is 8.20. The fraction of sp³-hybridized carbons (Fsp3) is 0.556. The summed E-state index contributed by atoms with van der Waals surface area (Å²) in [5.74, 6) is 0.892. The van der Waals surface area contributed by atoms with Crippen LogP contribution in [0.4, 0.5) is 5.82 Å². The van der Waals surface area contributed by atoms with E-state index in [9.17, 15) is 9.90 Å². The standard InChI is InChI=1S/C27H31N7O3/c28-13-18-11-19(18)15-37-26-31-21(25(36)33-27(16-35)6-2-7-27)12-23(32-26)34-9-4-17(5-10-34)24-20-3-1-8-29-22(20)14-30-24/h1,3,8,12,17-19,35H,2,4-7,9-11,14-16H2,(H,33,36)/t18-,19+/m0/s1. The molecule has 0 spiro atoms. The number of amides is 1. The molecule has 4 aliphatic rings. The Morgan fingerprint density at radius 3 is 2.84 bits per heavy atom. The van der Waals surface area contributed by atoms with E-state index in [-0.39, 0.29) is 36.1 Å². The van der Waals surface area contributed by atoms with Gasteiger partial charge in [-0.2, -0.15) is 15.2 Å². The molecule has 4 heterocycles. The van der Waals surface area contributed by atoms with Crippen molar-refractivity contribution < 1.29 is 14.6 Å². The van der Waals surface area contributed by atoms with Crippen molar-refractivity contribution in [1.29, 1.82) is 5.26 Å². The molecular formula is C27H31N7O3. The Bertz CT molecular complexity index is 1260. The molecule has 2 aromatic rings. The molecule has 2 saturated carbocycles. The number of aliphatic hydroxyl groups is 1. The zero-order valence-electron chi connectivity index (χ0n) is 20.8. The van der Waals surface area contributed by atoms with Crippen LogP contribution in [0.15, 0.2) is 29.4 Å². The van der Waals surface area contributed by atoms with Crippen LogP contribution in [0.25, 0.3) is 0 Å². The van der Waals surface area contributed by atoms with Crippen LogP contribution in [0.1, 0.15) is 60.3 Å². The molecule has 10 nitrogen and oxygen atoms in total. The Hall–Kier alpha value is -3.58. The average molecular weight is 502 g/mol. The van der Waals surface area contributed by atoms with Gasteiger partial charge in [0.2, 0.25) is 0 Å². The van der Waals surface area contributed by atoms with Crippen LogP contribution in [0.5, 0.6) is 6.01 Å². The topological polar surface area (TPSA) is 137 Å². The highest BCUT2D eigenvalue weighted by atomic mass is 16.5. The van der Waals surface area contributed by atoms with Gasteiger partial charge in [0, 0.05) is 48.5 Å². The summed E-state index contributed by atoms with van der Waals surface area (Å²) >= 11 is 0. The first-order valence-corrected chi connectivity index (χ1v) is 13.2. The first-order chi connectivity index (χ1) is 18.1. The van der Waals surface area contributed by atoms with Crippen molar-refractivity contribution in [2.24, 2.45) is 22.7 Å². The number of rotatable bonds is 8. The Balaban J connectivity index is 1.18. The van der Waals surface area contributed by atoms with E-state index in [1.165, 1.54) is 5.56 Å². The van der Waals surface area contributed by atoms with Gasteiger partial charge in [-0.05, 0) is 50.7 Å². The van der Waals surface area contributed by atoms with Gasteiger partial charge in [0.1, 0.15) is 11.5 Å². The number of piperidine rings is 1. The summed E-state index contributed by atoms with van der Waals surface area (Å²) in [6.07, 6.45) is 6.97. The van der Waals surface area contributed by atoms with Crippen LogP contribution in [-0.2, 0) is 6.54 Å². The Morgan fingerprint density at radius 1 is 1.30 bits per heavy atom. The number of nitrogens with one attached hydrogen (secondary N) is 1. The summed E-state index contributed by atoms with van der Waals surface area (Å²) in [6.45, 7) is 2.47. The number of fused-ring (bicyclic) bond motifs is 1. The first kappa shape index (κ1) is 23.8. The highest BCUT2D eigenvalue weighted by molar-refractivity contribution is 6.04. The van der Waals surface area contributed by atoms with Crippen LogP contribution >= 0.6 is 0 Å². The van der Waals surface area contributed by atoms with Crippen LogP contribution in [0.3, 0.4) is 0 Å². The van der Waals surface area contributed by atoms with E-state index in [4.69, 9.17) is 15.0 Å². The fourth-order valence-corrected chi connectivity index (χ4v) is 5.53. The summed E-state index contributed by atoms with van der Waals surface area (Å²) in [6, 6.07) is 8.21. The number of hydrogen-bond donors (Lipinski definition) is 2. The normalized spacial score (nSPS) is 23.9. The number of nitriles is 1. The molecular weight excluding hydrogens is 470 g/mol. The van der Waals surface area contributed by atoms with E-state index in [1.54, 1.807) is 6.07 Å². The third-order valence-electron chi connectivity index (χ3n) is 8.20. The lowest BCUT2D eigenvalue weighted by Gasteiger charge is -2.40. The molecule has 0 unspecified atom stereocenters. The predicted octanol–water partition coefficient (Wildman–Crippen LogP) is 2.27. The minimum absolute atomic E-state index is 0.0202. The van der Waals surface area contributed by atoms with E-state index in [2.05, 4.69) is 37.3 Å². The molecule has 2 N–H and O–H groups in total. The molecule has 0 bridgehead atoms. The van der Waals surface area contributed by atoms with Gasteiger partial charge in [-0.15, -0.1) is 0 Å². The van der Waals surface area contributed by atoms with Gasteiger partial charge >= 0.3 is 6.01 Å². The Kier molecular flexibility index (Phi) is 6.24. The first-order valence-electron chi connectivity index (χ1n) is 13.2. The smallest absolute Gasteiger partial charge is 0.319 e. The van der Waals surface area contributed by atoms with Crippen molar-refractivity contribution in [3.8, 4) is 12.1 Å². The van der Waals surface area contributed by atoms with Gasteiger partial charge in [-0.1, -0.05) is 0 Å². The number of aliphatic hydroxyl groups excluding tert-OH is 1. The van der Waals surface area contributed by atoms with Crippen molar-refractivity contribution >= 4 is 17.4 Å². The fourth-order valence-electron chi connectivity index (χ4n) is 5.53. The molecule has 1 amide bonds. The second kappa shape index (κ2) is 9.71. The Morgan fingerprint density at radius 2 is 2.14 bits per heavy atom. The molecule has 6 rings (SSSR count). The molecule has 2 aliphatic heterocycles. The second-order valence-electron chi connectivity index (χ2n) is 10.6. The summed E-state index contributed by atoms with van der Waals surface area (Å²) in [5.41, 5.74) is 3.04. The molecule has 3 fully saturated rings. The van der Waals surface area contributed by atoms with Crippen molar-refractivity contribution in [3.05, 3.63) is 41.3 Å². The number of hydrogen-bond acceptors (Lipinski definition) is 9. The molecule has 2 aliphatic carbocycles. The maximum absolute atomic E-state index is 13.1. The SMILES string of the molecule is N#C[C@@H]1C[C@@H]1COc1nc(C(=O)NC2(CO)CCC2)cc(N2CCC(C3=NCc4ncccc43)CC2)n1. The highest BCUT2D eigenvalue weighted by Gasteiger charge is 2.39. The third kappa shape index (κ3) is 4.76. The molecule has 0 aromatic carbocycles. The van der Waals surface area contributed by atoms with Crippen LogP contribution in [0.2, 0.25) is 0 Å². The van der Waals surface area contributed by atoms with Crippen LogP contribution in [-0.4, -0.2) is 63.5 Å². The lowest BCUT2D eigenvalue weighted by molar-refractivity contribution is 0.0636. The molecule has 2 atom stereocenters. The lowest BCUT2D eigenvalue weighted by atomic mass is 9.77. The number of aromatic nitrogens is 3. The van der Waals surface area contributed by atoms with Gasteiger partial charge in [0.05, 0.1) is 43.0 Å². The van der Waals surface area contributed by atoms with E-state index >= 15 is 0 Å². The minimum Gasteiger partial charge on any atom is -0.463 e. The monoisotopic (exact) mass is 501 g/mol. The quantitative estimate of drug-likeness (QED) is 0.562. The lowest BCUT2D eigenvalue weighted by Crippen LogP contribution is -2.56. The molecule has 1 saturated heterocycles. The number of aliphatic imine (C=N–C) groups is 1. The molecule has 10 heteroatoms. The minimum atomic E-state index is -0.567. The summed E-state index contributed by atoms with van der Waals surface area (Å²) in [7, 11) is 0. The second-order valence-corrected chi connectivity index (χ2v) is 10.6. The van der Waals surface area contributed by atoms with E-state index in [0.717, 1.165) is 63.0 Å².